The average Bonchev–Trinajstić information content (AvgIpc) is 3.04. The zero-order valence-corrected chi connectivity index (χ0v) is 17.3. The minimum Gasteiger partial charge on any atom is -0.480 e. The van der Waals surface area contributed by atoms with Gasteiger partial charge in [-0.05, 0) is 45.1 Å². The zero-order valence-electron chi connectivity index (χ0n) is 17.3. The van der Waals surface area contributed by atoms with Crippen molar-refractivity contribution in [2.75, 3.05) is 6.54 Å². The molecule has 1 aliphatic heterocycles. The molecule has 0 aromatic heterocycles. The quantitative estimate of drug-likeness (QED) is 0.393. The van der Waals surface area contributed by atoms with Gasteiger partial charge in [0.2, 0.25) is 5.91 Å². The molecule has 162 valence electrons. The van der Waals surface area contributed by atoms with E-state index >= 15 is 0 Å². The molecule has 0 spiro atoms. The lowest BCUT2D eigenvalue weighted by Crippen LogP contribution is -2.53. The van der Waals surface area contributed by atoms with Crippen LogP contribution in [-0.4, -0.2) is 58.2 Å². The van der Waals surface area contributed by atoms with Crippen LogP contribution in [0.4, 0.5) is 4.79 Å². The third-order valence-electron chi connectivity index (χ3n) is 5.34. The minimum absolute atomic E-state index is 0.0248. The number of ether oxygens (including phenoxy) is 1. The molecule has 1 heterocycles. The van der Waals surface area contributed by atoms with Gasteiger partial charge in [0.05, 0.1) is 6.04 Å². The number of amides is 2. The molecule has 2 N–H and O–H groups in total. The third kappa shape index (κ3) is 6.81. The second-order valence-corrected chi connectivity index (χ2v) is 8.88. The van der Waals surface area contributed by atoms with Crippen LogP contribution in [0.15, 0.2) is 5.11 Å². The summed E-state index contributed by atoms with van der Waals surface area (Å²) in [7, 11) is 0. The highest BCUT2D eigenvalue weighted by Gasteiger charge is 2.42. The standard InChI is InChI=1S/C19H31N5O5/c1-19(2,3)29-18(28)21-14(9-12-7-5-4-6-8-12)16(25)24-11-13(22-23-20)10-15(24)17(26)27/h12-15H,4-11H2,1-3H3,(H,21,28)(H,26,27)/t13-,14?,15-/m0/s1. The number of rotatable bonds is 6. The van der Waals surface area contributed by atoms with Crippen LogP contribution in [0, 0.1) is 5.92 Å². The Hall–Kier alpha value is -2.48. The summed E-state index contributed by atoms with van der Waals surface area (Å²) < 4.78 is 5.30. The number of likely N-dealkylation sites (tertiary alicyclic amines) is 1. The first-order valence-corrected chi connectivity index (χ1v) is 10.2. The summed E-state index contributed by atoms with van der Waals surface area (Å²) in [5, 5.41) is 15.8. The van der Waals surface area contributed by atoms with Gasteiger partial charge in [0.25, 0.3) is 0 Å². The molecular weight excluding hydrogens is 378 g/mol. The van der Waals surface area contributed by atoms with Crippen molar-refractivity contribution in [2.24, 2.45) is 11.0 Å². The molecular formula is C19H31N5O5. The van der Waals surface area contributed by atoms with E-state index in [1.54, 1.807) is 20.8 Å². The van der Waals surface area contributed by atoms with Crippen molar-refractivity contribution >= 4 is 18.0 Å². The zero-order chi connectivity index (χ0) is 21.6. The number of carboxylic acid groups (broad SMARTS) is 1. The molecule has 2 rings (SSSR count). The van der Waals surface area contributed by atoms with E-state index < -0.39 is 41.7 Å². The van der Waals surface area contributed by atoms with Crippen molar-refractivity contribution in [3.8, 4) is 0 Å². The summed E-state index contributed by atoms with van der Waals surface area (Å²) >= 11 is 0. The molecule has 2 fully saturated rings. The number of azide groups is 1. The van der Waals surface area contributed by atoms with E-state index in [-0.39, 0.29) is 18.9 Å². The SMILES string of the molecule is CC(C)(C)OC(=O)NC(CC1CCCCC1)C(=O)N1C[C@@H](N=[N+]=[N-])C[C@H]1C(=O)O. The van der Waals surface area contributed by atoms with Gasteiger partial charge in [0.1, 0.15) is 17.7 Å². The van der Waals surface area contributed by atoms with Gasteiger partial charge in [-0.3, -0.25) is 4.79 Å². The topological polar surface area (TPSA) is 145 Å². The van der Waals surface area contributed by atoms with Gasteiger partial charge in [-0.2, -0.15) is 0 Å². The van der Waals surface area contributed by atoms with E-state index in [1.807, 2.05) is 0 Å². The number of hydrogen-bond donors (Lipinski definition) is 2. The molecule has 1 aliphatic carbocycles. The maximum Gasteiger partial charge on any atom is 0.408 e. The number of carboxylic acids is 1. The Kier molecular flexibility index (Phi) is 7.73. The second-order valence-electron chi connectivity index (χ2n) is 8.88. The van der Waals surface area contributed by atoms with Crippen molar-refractivity contribution in [1.29, 1.82) is 0 Å². The third-order valence-corrected chi connectivity index (χ3v) is 5.34. The van der Waals surface area contributed by atoms with E-state index in [9.17, 15) is 19.5 Å². The largest absolute Gasteiger partial charge is 0.480 e. The van der Waals surface area contributed by atoms with Crippen molar-refractivity contribution in [1.82, 2.24) is 10.2 Å². The van der Waals surface area contributed by atoms with E-state index in [2.05, 4.69) is 15.3 Å². The Morgan fingerprint density at radius 1 is 1.28 bits per heavy atom. The van der Waals surface area contributed by atoms with E-state index in [0.29, 0.717) is 6.42 Å². The number of carbonyl (C=O) groups is 3. The predicted molar refractivity (Wildman–Crippen MR) is 105 cm³/mol. The molecule has 10 heteroatoms. The predicted octanol–water partition coefficient (Wildman–Crippen LogP) is 3.21. The lowest BCUT2D eigenvalue weighted by molar-refractivity contribution is -0.149. The maximum absolute atomic E-state index is 13.2. The lowest BCUT2D eigenvalue weighted by Gasteiger charge is -2.31. The highest BCUT2D eigenvalue weighted by atomic mass is 16.6. The van der Waals surface area contributed by atoms with E-state index in [0.717, 1.165) is 32.1 Å². The van der Waals surface area contributed by atoms with Gasteiger partial charge >= 0.3 is 12.1 Å². The molecule has 0 bridgehead atoms. The van der Waals surface area contributed by atoms with Crippen molar-refractivity contribution in [3.05, 3.63) is 10.4 Å². The normalized spacial score (nSPS) is 23.8. The molecule has 2 aliphatic rings. The monoisotopic (exact) mass is 409 g/mol. The van der Waals surface area contributed by atoms with Gasteiger partial charge < -0.3 is 20.1 Å². The second kappa shape index (κ2) is 9.82. The number of carbonyl (C=O) groups excluding carboxylic acids is 2. The highest BCUT2D eigenvalue weighted by Crippen LogP contribution is 2.29. The first kappa shape index (κ1) is 22.8. The Morgan fingerprint density at radius 3 is 2.48 bits per heavy atom. The van der Waals surface area contributed by atoms with Crippen LogP contribution in [0.2, 0.25) is 0 Å². The highest BCUT2D eigenvalue weighted by molar-refractivity contribution is 5.90. The van der Waals surface area contributed by atoms with Crippen LogP contribution in [0.1, 0.15) is 65.7 Å². The van der Waals surface area contributed by atoms with Gasteiger partial charge in [-0.15, -0.1) is 0 Å². The summed E-state index contributed by atoms with van der Waals surface area (Å²) in [4.78, 5) is 41.2. The van der Waals surface area contributed by atoms with Gasteiger partial charge in [0, 0.05) is 11.5 Å². The molecule has 1 saturated heterocycles. The van der Waals surface area contributed by atoms with E-state index in [4.69, 9.17) is 10.3 Å². The fraction of sp³-hybridized carbons (Fsp3) is 0.842. The van der Waals surface area contributed by atoms with Crippen molar-refractivity contribution in [3.63, 3.8) is 0 Å². The maximum atomic E-state index is 13.2. The minimum atomic E-state index is -1.15. The van der Waals surface area contributed by atoms with Crippen LogP contribution < -0.4 is 5.32 Å². The smallest absolute Gasteiger partial charge is 0.408 e. The molecule has 0 aromatic rings. The number of hydrogen-bond acceptors (Lipinski definition) is 5. The van der Waals surface area contributed by atoms with E-state index in [1.165, 1.54) is 4.90 Å². The summed E-state index contributed by atoms with van der Waals surface area (Å²) in [6.45, 7) is 5.22. The van der Waals surface area contributed by atoms with Gasteiger partial charge in [0.15, 0.2) is 0 Å². The Morgan fingerprint density at radius 2 is 1.93 bits per heavy atom. The van der Waals surface area contributed by atoms with Crippen LogP contribution >= 0.6 is 0 Å². The fourth-order valence-electron chi connectivity index (χ4n) is 4.08. The molecule has 10 nitrogen and oxygen atoms in total. The summed E-state index contributed by atoms with van der Waals surface area (Å²) in [5.41, 5.74) is 7.95. The molecule has 1 saturated carbocycles. The average molecular weight is 409 g/mol. The molecule has 29 heavy (non-hydrogen) atoms. The Labute approximate surface area is 170 Å². The van der Waals surface area contributed by atoms with Crippen LogP contribution in [0.25, 0.3) is 10.4 Å². The van der Waals surface area contributed by atoms with Crippen molar-refractivity contribution in [2.45, 2.75) is 89.4 Å². The number of nitrogens with zero attached hydrogens (tertiary/aromatic N) is 4. The molecule has 3 atom stereocenters. The molecule has 0 radical (unpaired) electrons. The number of nitrogens with one attached hydrogen (secondary N) is 1. The fourth-order valence-corrected chi connectivity index (χ4v) is 4.08. The van der Waals surface area contributed by atoms with Gasteiger partial charge in [-0.25, -0.2) is 9.59 Å². The number of alkyl carbamates (subject to hydrolysis) is 1. The van der Waals surface area contributed by atoms with Crippen LogP contribution in [-0.2, 0) is 14.3 Å². The lowest BCUT2D eigenvalue weighted by atomic mass is 9.84. The molecule has 0 aromatic carbocycles. The summed E-state index contributed by atoms with van der Waals surface area (Å²) in [5.74, 6) is -1.33. The number of aliphatic carboxylic acids is 1. The molecule has 1 unspecified atom stereocenters. The Balaban J connectivity index is 2.18. The Bertz CT molecular complexity index is 664. The van der Waals surface area contributed by atoms with Gasteiger partial charge in [-0.1, -0.05) is 37.2 Å². The molecule has 2 amide bonds. The summed E-state index contributed by atoms with van der Waals surface area (Å²) in [6, 6.07) is -2.55. The first-order valence-electron chi connectivity index (χ1n) is 10.2. The first-order chi connectivity index (χ1) is 13.6. The van der Waals surface area contributed by atoms with Crippen molar-refractivity contribution < 1.29 is 24.2 Å². The summed E-state index contributed by atoms with van der Waals surface area (Å²) in [6.07, 6.45) is 5.07. The van der Waals surface area contributed by atoms with Crippen LogP contribution in [0.5, 0.6) is 0 Å². The van der Waals surface area contributed by atoms with Crippen LogP contribution in [0.3, 0.4) is 0 Å².